The van der Waals surface area contributed by atoms with Crippen LogP contribution in [0.2, 0.25) is 0 Å². The molecule has 0 amide bonds. The SMILES string of the molecule is O=C(O)C1CCC(Nc2nc3ccccc3cc2[N+](=O)[O-])CC1. The molecule has 1 fully saturated rings. The highest BCUT2D eigenvalue weighted by molar-refractivity contribution is 5.84. The third-order valence-electron chi connectivity index (χ3n) is 4.32. The van der Waals surface area contributed by atoms with Crippen LogP contribution in [0, 0.1) is 16.0 Å². The first-order chi connectivity index (χ1) is 11.0. The summed E-state index contributed by atoms with van der Waals surface area (Å²) in [6.07, 6.45) is 2.49. The monoisotopic (exact) mass is 315 g/mol. The minimum Gasteiger partial charge on any atom is -0.481 e. The minimum atomic E-state index is -0.765. The molecule has 0 bridgehead atoms. The van der Waals surface area contributed by atoms with Crippen molar-refractivity contribution in [2.75, 3.05) is 5.32 Å². The third-order valence-corrected chi connectivity index (χ3v) is 4.32. The first-order valence-electron chi connectivity index (χ1n) is 7.58. The van der Waals surface area contributed by atoms with Crippen LogP contribution >= 0.6 is 0 Å². The maximum absolute atomic E-state index is 11.3. The Morgan fingerprint density at radius 1 is 1.26 bits per heavy atom. The molecule has 7 nitrogen and oxygen atoms in total. The summed E-state index contributed by atoms with van der Waals surface area (Å²) in [5.41, 5.74) is 0.642. The molecule has 1 aliphatic carbocycles. The van der Waals surface area contributed by atoms with Crippen molar-refractivity contribution in [2.24, 2.45) is 5.92 Å². The van der Waals surface area contributed by atoms with Gasteiger partial charge >= 0.3 is 11.7 Å². The van der Waals surface area contributed by atoms with Crippen molar-refractivity contribution in [3.63, 3.8) is 0 Å². The van der Waals surface area contributed by atoms with Gasteiger partial charge in [-0.2, -0.15) is 0 Å². The summed E-state index contributed by atoms with van der Waals surface area (Å²) in [4.78, 5) is 26.2. The van der Waals surface area contributed by atoms with E-state index in [4.69, 9.17) is 5.11 Å². The van der Waals surface area contributed by atoms with E-state index >= 15 is 0 Å². The Hall–Kier alpha value is -2.70. The summed E-state index contributed by atoms with van der Waals surface area (Å²) in [5, 5.41) is 24.2. The summed E-state index contributed by atoms with van der Waals surface area (Å²) < 4.78 is 0. The molecule has 0 atom stereocenters. The van der Waals surface area contributed by atoms with Gasteiger partial charge in [-0.05, 0) is 31.7 Å². The topological polar surface area (TPSA) is 105 Å². The largest absolute Gasteiger partial charge is 0.481 e. The summed E-state index contributed by atoms with van der Waals surface area (Å²) in [5.74, 6) is -0.821. The molecule has 0 radical (unpaired) electrons. The van der Waals surface area contributed by atoms with E-state index in [1.807, 2.05) is 18.2 Å². The Labute approximate surface area is 132 Å². The Bertz CT molecular complexity index is 754. The first kappa shape index (κ1) is 15.2. The smallest absolute Gasteiger partial charge is 0.312 e. The van der Waals surface area contributed by atoms with Gasteiger partial charge in [0.25, 0.3) is 0 Å². The van der Waals surface area contributed by atoms with Gasteiger partial charge in [-0.25, -0.2) is 4.98 Å². The molecule has 1 saturated carbocycles. The summed E-state index contributed by atoms with van der Waals surface area (Å²) >= 11 is 0. The molecule has 1 heterocycles. The number of aromatic nitrogens is 1. The van der Waals surface area contributed by atoms with Gasteiger partial charge in [-0.3, -0.25) is 14.9 Å². The van der Waals surface area contributed by atoms with E-state index in [1.165, 1.54) is 6.07 Å². The van der Waals surface area contributed by atoms with Crippen molar-refractivity contribution in [1.29, 1.82) is 0 Å². The van der Waals surface area contributed by atoms with Gasteiger partial charge in [-0.1, -0.05) is 18.2 Å². The number of carboxylic acid groups (broad SMARTS) is 1. The third kappa shape index (κ3) is 3.23. The molecule has 2 aromatic rings. The Balaban J connectivity index is 1.83. The van der Waals surface area contributed by atoms with Gasteiger partial charge in [0.05, 0.1) is 16.4 Å². The molecular weight excluding hydrogens is 298 g/mol. The molecule has 23 heavy (non-hydrogen) atoms. The van der Waals surface area contributed by atoms with Gasteiger partial charge in [-0.15, -0.1) is 0 Å². The minimum absolute atomic E-state index is 0.0120. The molecular formula is C16H17N3O4. The fourth-order valence-electron chi connectivity index (χ4n) is 3.03. The number of para-hydroxylation sites is 1. The van der Waals surface area contributed by atoms with Crippen LogP contribution < -0.4 is 5.32 Å². The zero-order chi connectivity index (χ0) is 16.4. The van der Waals surface area contributed by atoms with Crippen LogP contribution in [0.4, 0.5) is 11.5 Å². The standard InChI is InChI=1S/C16H17N3O4/c20-16(21)10-5-7-12(8-6-10)17-15-14(19(22)23)9-11-3-1-2-4-13(11)18-15/h1-4,9-10,12H,5-8H2,(H,17,18)(H,20,21). The van der Waals surface area contributed by atoms with E-state index in [1.54, 1.807) is 6.07 Å². The van der Waals surface area contributed by atoms with E-state index in [0.29, 0.717) is 31.2 Å². The molecule has 0 saturated heterocycles. The van der Waals surface area contributed by atoms with Gasteiger partial charge < -0.3 is 10.4 Å². The van der Waals surface area contributed by atoms with Crippen molar-refractivity contribution in [3.05, 3.63) is 40.4 Å². The fourth-order valence-corrected chi connectivity index (χ4v) is 3.03. The zero-order valence-electron chi connectivity index (χ0n) is 12.4. The van der Waals surface area contributed by atoms with Gasteiger partial charge in [0, 0.05) is 17.5 Å². The van der Waals surface area contributed by atoms with Crippen molar-refractivity contribution in [1.82, 2.24) is 4.98 Å². The molecule has 0 aliphatic heterocycles. The quantitative estimate of drug-likeness (QED) is 0.663. The molecule has 120 valence electrons. The molecule has 2 N–H and O–H groups in total. The second-order valence-electron chi connectivity index (χ2n) is 5.84. The maximum Gasteiger partial charge on any atom is 0.312 e. The zero-order valence-corrected chi connectivity index (χ0v) is 12.4. The van der Waals surface area contributed by atoms with Crippen molar-refractivity contribution >= 4 is 28.4 Å². The van der Waals surface area contributed by atoms with Gasteiger partial charge in [0.2, 0.25) is 5.82 Å². The van der Waals surface area contributed by atoms with Crippen LogP contribution in [0.5, 0.6) is 0 Å². The van der Waals surface area contributed by atoms with Crippen molar-refractivity contribution in [2.45, 2.75) is 31.7 Å². The molecule has 7 heteroatoms. The normalized spacial score (nSPS) is 21.0. The van der Waals surface area contributed by atoms with Crippen LogP contribution in [0.3, 0.4) is 0 Å². The lowest BCUT2D eigenvalue weighted by Gasteiger charge is -2.27. The summed E-state index contributed by atoms with van der Waals surface area (Å²) in [6.45, 7) is 0. The van der Waals surface area contributed by atoms with Gasteiger partial charge in [0.1, 0.15) is 0 Å². The van der Waals surface area contributed by atoms with Crippen molar-refractivity contribution in [3.8, 4) is 0 Å². The Kier molecular flexibility index (Phi) is 4.10. The number of pyridine rings is 1. The Morgan fingerprint density at radius 3 is 2.61 bits per heavy atom. The molecule has 0 unspecified atom stereocenters. The van der Waals surface area contributed by atoms with E-state index in [0.717, 1.165) is 5.39 Å². The highest BCUT2D eigenvalue weighted by Crippen LogP contribution is 2.31. The van der Waals surface area contributed by atoms with Crippen LogP contribution in [0.1, 0.15) is 25.7 Å². The van der Waals surface area contributed by atoms with Crippen LogP contribution in [-0.2, 0) is 4.79 Å². The van der Waals surface area contributed by atoms with E-state index in [2.05, 4.69) is 10.3 Å². The highest BCUT2D eigenvalue weighted by Gasteiger charge is 2.27. The number of nitrogens with one attached hydrogen (secondary N) is 1. The number of rotatable bonds is 4. The maximum atomic E-state index is 11.3. The number of nitro groups is 1. The summed E-state index contributed by atoms with van der Waals surface area (Å²) in [6, 6.07) is 8.78. The number of anilines is 1. The fraction of sp³-hybridized carbons (Fsp3) is 0.375. The van der Waals surface area contributed by atoms with Crippen LogP contribution in [0.25, 0.3) is 10.9 Å². The lowest BCUT2D eigenvalue weighted by atomic mass is 9.86. The lowest BCUT2D eigenvalue weighted by Crippen LogP contribution is -2.29. The second kappa shape index (κ2) is 6.20. The number of hydrogen-bond acceptors (Lipinski definition) is 5. The molecule has 0 spiro atoms. The highest BCUT2D eigenvalue weighted by atomic mass is 16.6. The second-order valence-corrected chi connectivity index (χ2v) is 5.84. The van der Waals surface area contributed by atoms with Gasteiger partial charge in [0.15, 0.2) is 0 Å². The number of benzene rings is 1. The number of nitrogens with zero attached hydrogens (tertiary/aromatic N) is 2. The van der Waals surface area contributed by atoms with Crippen LogP contribution in [-0.4, -0.2) is 27.0 Å². The number of fused-ring (bicyclic) bond motifs is 1. The first-order valence-corrected chi connectivity index (χ1v) is 7.58. The predicted octanol–water partition coefficient (Wildman–Crippen LogP) is 3.20. The molecule has 1 aromatic carbocycles. The average molecular weight is 315 g/mol. The number of carbonyl (C=O) groups is 1. The average Bonchev–Trinajstić information content (AvgIpc) is 2.54. The molecule has 3 rings (SSSR count). The molecule has 1 aliphatic rings. The number of carboxylic acids is 1. The number of aliphatic carboxylic acids is 1. The molecule has 1 aromatic heterocycles. The Morgan fingerprint density at radius 2 is 1.96 bits per heavy atom. The van der Waals surface area contributed by atoms with Crippen LogP contribution in [0.15, 0.2) is 30.3 Å². The van der Waals surface area contributed by atoms with E-state index < -0.39 is 10.9 Å². The lowest BCUT2D eigenvalue weighted by molar-refractivity contribution is -0.384. The van der Waals surface area contributed by atoms with Crippen molar-refractivity contribution < 1.29 is 14.8 Å². The van der Waals surface area contributed by atoms with E-state index in [-0.39, 0.29) is 23.5 Å². The predicted molar refractivity (Wildman–Crippen MR) is 85.4 cm³/mol. The summed E-state index contributed by atoms with van der Waals surface area (Å²) in [7, 11) is 0. The number of hydrogen-bond donors (Lipinski definition) is 2. The van der Waals surface area contributed by atoms with E-state index in [9.17, 15) is 14.9 Å².